The van der Waals surface area contributed by atoms with Gasteiger partial charge in [0.15, 0.2) is 0 Å². The van der Waals surface area contributed by atoms with E-state index in [0.29, 0.717) is 0 Å². The van der Waals surface area contributed by atoms with Crippen molar-refractivity contribution in [3.8, 4) is 5.88 Å². The number of rotatable bonds is 19. The molecule has 0 spiro atoms. The van der Waals surface area contributed by atoms with Crippen molar-refractivity contribution in [1.82, 2.24) is 9.55 Å². The molecule has 37 heavy (non-hydrogen) atoms. The lowest BCUT2D eigenvalue weighted by molar-refractivity contribution is 0.0844. The number of ether oxygens (including phenoxy) is 3. The van der Waals surface area contributed by atoms with Crippen LogP contribution in [0.1, 0.15) is 55.4 Å². The van der Waals surface area contributed by atoms with E-state index in [1.807, 2.05) is 0 Å². The van der Waals surface area contributed by atoms with Crippen LogP contribution in [0.25, 0.3) is 0 Å². The third-order valence-electron chi connectivity index (χ3n) is 3.94. The zero-order chi connectivity index (χ0) is 28.2. The van der Waals surface area contributed by atoms with Gasteiger partial charge in [0.2, 0.25) is 11.8 Å². The third-order valence-corrected chi connectivity index (χ3v) is 7.90. The first-order chi connectivity index (χ1) is 17.1. The molecule has 1 aromatic rings. The number of aromatic nitrogens is 2. The Balaban J connectivity index is 2.57. The lowest BCUT2D eigenvalue weighted by Gasteiger charge is -2.22. The van der Waals surface area contributed by atoms with Crippen molar-refractivity contribution in [2.75, 3.05) is 38.3 Å². The van der Waals surface area contributed by atoms with Gasteiger partial charge in [-0.3, -0.25) is 18.5 Å². The Hall–Kier alpha value is -1.30. The molecule has 1 aromatic heterocycles. The number of hydrogen-bond acceptors (Lipinski definition) is 12. The predicted octanol–water partition coefficient (Wildman–Crippen LogP) is 4.24. The molecule has 0 radical (unpaired) electrons. The van der Waals surface area contributed by atoms with Crippen LogP contribution in [-0.2, 0) is 43.2 Å². The number of nitrogen functional groups attached to an aromatic ring is 1. The molecule has 0 unspecified atom stereocenters. The van der Waals surface area contributed by atoms with Crippen molar-refractivity contribution >= 4 is 21.1 Å². The van der Waals surface area contributed by atoms with Gasteiger partial charge in [-0.15, -0.1) is 0 Å². The van der Waals surface area contributed by atoms with E-state index in [1.54, 1.807) is 55.4 Å². The highest BCUT2D eigenvalue weighted by Gasteiger charge is 2.29. The normalized spacial score (nSPS) is 12.9. The van der Waals surface area contributed by atoms with E-state index < -0.39 is 20.8 Å². The topological polar surface area (TPSA) is 160 Å². The molecule has 0 aliphatic rings. The van der Waals surface area contributed by atoms with Gasteiger partial charge in [-0.2, -0.15) is 4.98 Å². The summed E-state index contributed by atoms with van der Waals surface area (Å²) in [5.41, 5.74) is 5.46. The van der Waals surface area contributed by atoms with Crippen LogP contribution in [0.4, 0.5) is 5.95 Å². The lowest BCUT2D eigenvalue weighted by Crippen LogP contribution is -2.26. The summed E-state index contributed by atoms with van der Waals surface area (Å²) in [6.07, 6.45) is -1.69. The highest BCUT2D eigenvalue weighted by atomic mass is 31.2. The van der Waals surface area contributed by atoms with Crippen LogP contribution < -0.4 is 16.0 Å². The Labute approximate surface area is 219 Å². The smallest absolute Gasteiger partial charge is 0.356 e. The minimum absolute atomic E-state index is 0.0171. The third kappa shape index (κ3) is 13.9. The van der Waals surface area contributed by atoms with E-state index in [1.165, 1.54) is 10.6 Å². The largest absolute Gasteiger partial charge is 0.475 e. The van der Waals surface area contributed by atoms with Gasteiger partial charge in [0.05, 0.1) is 50.2 Å². The second-order valence-corrected chi connectivity index (χ2v) is 13.0. The molecule has 0 bridgehead atoms. The number of nitrogens with zero attached hydrogens (tertiary/aromatic N) is 2. The van der Waals surface area contributed by atoms with Crippen LogP contribution in [0.15, 0.2) is 10.9 Å². The van der Waals surface area contributed by atoms with Crippen molar-refractivity contribution in [1.29, 1.82) is 0 Å². The fraction of sp³-hybridized carbons (Fsp3) is 0.818. The standard InChI is InChI=1S/C22H43N3O10P2/c1-16(2)32-36(27,33-17(3)4)14-29-10-9-25-21(26)13-20(24-22(25)23)31-12-11-30-15-37(28,34-18(5)6)35-19(7)8/h13,16-19H,9-12,14-15H2,1-8H3,(H2,23,24). The summed E-state index contributed by atoms with van der Waals surface area (Å²) in [6.45, 7) is 14.2. The van der Waals surface area contributed by atoms with Gasteiger partial charge in [0.25, 0.3) is 5.56 Å². The molecule has 15 heteroatoms. The van der Waals surface area contributed by atoms with Gasteiger partial charge >= 0.3 is 15.2 Å². The average Bonchev–Trinajstić information content (AvgIpc) is 2.69. The van der Waals surface area contributed by atoms with Crippen molar-refractivity contribution in [2.45, 2.75) is 86.4 Å². The lowest BCUT2D eigenvalue weighted by atomic mass is 10.5. The summed E-state index contributed by atoms with van der Waals surface area (Å²) in [5, 5.41) is 0. The van der Waals surface area contributed by atoms with Crippen molar-refractivity contribution < 1.29 is 41.4 Å². The monoisotopic (exact) mass is 571 g/mol. The van der Waals surface area contributed by atoms with Gasteiger partial charge < -0.3 is 38.0 Å². The molecule has 13 nitrogen and oxygen atoms in total. The van der Waals surface area contributed by atoms with E-state index in [2.05, 4.69) is 4.98 Å². The van der Waals surface area contributed by atoms with E-state index in [9.17, 15) is 13.9 Å². The van der Waals surface area contributed by atoms with Crippen LogP contribution in [0.3, 0.4) is 0 Å². The maximum Gasteiger partial charge on any atom is 0.356 e. The molecular formula is C22H43N3O10P2. The summed E-state index contributed by atoms with van der Waals surface area (Å²) >= 11 is 0. The highest BCUT2D eigenvalue weighted by Crippen LogP contribution is 2.51. The molecule has 216 valence electrons. The second-order valence-electron chi connectivity index (χ2n) is 9.20. The molecule has 2 N–H and O–H groups in total. The van der Waals surface area contributed by atoms with Gasteiger partial charge in [0, 0.05) is 0 Å². The van der Waals surface area contributed by atoms with E-state index >= 15 is 0 Å². The van der Waals surface area contributed by atoms with Crippen molar-refractivity contribution in [3.05, 3.63) is 16.4 Å². The second kappa shape index (κ2) is 16.0. The summed E-state index contributed by atoms with van der Waals surface area (Å²) in [5.74, 6) is -0.0595. The number of nitrogens with two attached hydrogens (primary N) is 1. The van der Waals surface area contributed by atoms with Crippen LogP contribution >= 0.6 is 15.2 Å². The van der Waals surface area contributed by atoms with Gasteiger partial charge in [-0.05, 0) is 55.4 Å². The Morgan fingerprint density at radius 3 is 1.62 bits per heavy atom. The molecule has 0 fully saturated rings. The molecule has 0 aliphatic carbocycles. The molecule has 1 heterocycles. The van der Waals surface area contributed by atoms with Crippen LogP contribution in [0.5, 0.6) is 5.88 Å². The van der Waals surface area contributed by atoms with Gasteiger partial charge in [-0.1, -0.05) is 0 Å². The predicted molar refractivity (Wildman–Crippen MR) is 140 cm³/mol. The van der Waals surface area contributed by atoms with Crippen molar-refractivity contribution in [2.24, 2.45) is 0 Å². The fourth-order valence-electron chi connectivity index (χ4n) is 2.97. The Morgan fingerprint density at radius 1 is 0.784 bits per heavy atom. The highest BCUT2D eigenvalue weighted by molar-refractivity contribution is 7.53. The minimum Gasteiger partial charge on any atom is -0.475 e. The van der Waals surface area contributed by atoms with E-state index in [4.69, 9.17) is 38.0 Å². The van der Waals surface area contributed by atoms with Crippen molar-refractivity contribution in [3.63, 3.8) is 0 Å². The van der Waals surface area contributed by atoms with Crippen LogP contribution in [0.2, 0.25) is 0 Å². The van der Waals surface area contributed by atoms with E-state index in [-0.39, 0.29) is 75.3 Å². The van der Waals surface area contributed by atoms with E-state index in [0.717, 1.165) is 0 Å². The molecule has 0 saturated carbocycles. The molecule has 0 aromatic carbocycles. The number of hydrogen-bond donors (Lipinski definition) is 1. The maximum atomic E-state index is 12.8. The summed E-state index contributed by atoms with van der Waals surface area (Å²) in [6, 6.07) is 1.18. The molecule has 0 saturated heterocycles. The first kappa shape index (κ1) is 33.7. The van der Waals surface area contributed by atoms with Gasteiger partial charge in [-0.25, -0.2) is 0 Å². The zero-order valence-electron chi connectivity index (χ0n) is 23.1. The Morgan fingerprint density at radius 2 is 1.22 bits per heavy atom. The molecule has 0 aliphatic heterocycles. The molecule has 1 rings (SSSR count). The Kier molecular flexibility index (Phi) is 14.5. The molecular weight excluding hydrogens is 528 g/mol. The molecule has 0 atom stereocenters. The maximum absolute atomic E-state index is 12.8. The quantitative estimate of drug-likeness (QED) is 0.186. The van der Waals surface area contributed by atoms with Crippen LogP contribution in [-0.4, -0.2) is 66.5 Å². The number of anilines is 1. The zero-order valence-corrected chi connectivity index (χ0v) is 24.9. The van der Waals surface area contributed by atoms with Crippen LogP contribution in [0, 0.1) is 0 Å². The SMILES string of the molecule is CC(C)OP(=O)(COCCOc1cc(=O)n(CCOCP(=O)(OC(C)C)OC(C)C)c(N)n1)OC(C)C. The first-order valence-electron chi connectivity index (χ1n) is 12.2. The fourth-order valence-corrected chi connectivity index (χ4v) is 6.59. The average molecular weight is 572 g/mol. The summed E-state index contributed by atoms with van der Waals surface area (Å²) in [4.78, 5) is 16.5. The summed E-state index contributed by atoms with van der Waals surface area (Å²) in [7, 11) is -6.87. The minimum atomic E-state index is -3.45. The first-order valence-corrected chi connectivity index (χ1v) is 15.7. The van der Waals surface area contributed by atoms with Gasteiger partial charge in [0.1, 0.15) is 19.3 Å². The molecule has 0 amide bonds. The Bertz CT molecular complexity index is 941. The summed E-state index contributed by atoms with van der Waals surface area (Å²) < 4.78 is 64.7.